The Bertz CT molecular complexity index is 1980. The van der Waals surface area contributed by atoms with Crippen molar-refractivity contribution in [2.75, 3.05) is 31.1 Å². The number of aromatic amines is 1. The first-order valence-electron chi connectivity index (χ1n) is 14.5. The van der Waals surface area contributed by atoms with Gasteiger partial charge in [-0.2, -0.15) is 5.26 Å². The zero-order valence-electron chi connectivity index (χ0n) is 24.6. The monoisotopic (exact) mass is 602 g/mol. The highest BCUT2D eigenvalue weighted by atomic mass is 16.5. The van der Waals surface area contributed by atoms with E-state index >= 15 is 0 Å². The molecule has 11 heteroatoms. The predicted octanol–water partition coefficient (Wildman–Crippen LogP) is 3.96. The van der Waals surface area contributed by atoms with E-state index in [0.717, 1.165) is 38.4 Å². The van der Waals surface area contributed by atoms with Crippen LogP contribution in [0.25, 0.3) is 11.1 Å². The number of piperazine rings is 1. The average molecular weight is 603 g/mol. The lowest BCUT2D eigenvalue weighted by atomic mass is 9.96. The third-order valence-corrected chi connectivity index (χ3v) is 7.76. The summed E-state index contributed by atoms with van der Waals surface area (Å²) < 4.78 is 11.8. The Labute approximate surface area is 258 Å². The van der Waals surface area contributed by atoms with Crippen LogP contribution in [0.15, 0.2) is 99.2 Å². The molecule has 0 unspecified atom stereocenters. The number of H-pyrrole nitrogens is 1. The number of aromatic nitrogens is 3. The summed E-state index contributed by atoms with van der Waals surface area (Å²) in [4.78, 5) is 46.6. The highest BCUT2D eigenvalue weighted by Crippen LogP contribution is 2.27. The molecule has 0 saturated carbocycles. The van der Waals surface area contributed by atoms with Gasteiger partial charge in [-0.15, -0.1) is 4.74 Å². The summed E-state index contributed by atoms with van der Waals surface area (Å²) in [6, 6.07) is 26.8. The SMILES string of the molecule is Cc1cc(C(=O)N2CCN(c3ccc(C#N)cn3)CC2)ccc1-c1cccc(COc2ccc(Cn3oc(=O)[nH]c3=O)cc2)c1. The van der Waals surface area contributed by atoms with Gasteiger partial charge in [-0.25, -0.2) is 19.6 Å². The number of nitriles is 1. The minimum atomic E-state index is -0.785. The second kappa shape index (κ2) is 12.8. The fourth-order valence-corrected chi connectivity index (χ4v) is 5.35. The standard InChI is InChI=1S/C34H30N6O5/c1-23-17-28(32(41)39-15-13-38(14-16-39)31-12-7-26(19-35)20-36-31)8-11-30(23)27-4-2-3-25(18-27)22-44-29-9-5-24(6-10-29)21-40-33(42)37-34(43)45-40/h2-12,17-18,20H,13-16,21-22H2,1H3,(H,37,42,43). The van der Waals surface area contributed by atoms with Crippen molar-refractivity contribution >= 4 is 11.7 Å². The fourth-order valence-electron chi connectivity index (χ4n) is 5.35. The van der Waals surface area contributed by atoms with Crippen molar-refractivity contribution in [1.82, 2.24) is 19.6 Å². The van der Waals surface area contributed by atoms with Crippen LogP contribution < -0.4 is 21.1 Å². The lowest BCUT2D eigenvalue weighted by molar-refractivity contribution is 0.0746. The fraction of sp³-hybridized carbons (Fsp3) is 0.206. The molecular formula is C34H30N6O5. The van der Waals surface area contributed by atoms with Crippen molar-refractivity contribution in [3.8, 4) is 22.9 Å². The first-order valence-corrected chi connectivity index (χ1v) is 14.5. The summed E-state index contributed by atoms with van der Waals surface area (Å²) in [6.07, 6.45) is 1.57. The molecule has 1 aliphatic rings. The third kappa shape index (κ3) is 6.70. The van der Waals surface area contributed by atoms with Crippen LogP contribution >= 0.6 is 0 Å². The van der Waals surface area contributed by atoms with Crippen molar-refractivity contribution in [1.29, 1.82) is 5.26 Å². The molecule has 0 aliphatic carbocycles. The van der Waals surface area contributed by atoms with Gasteiger partial charge in [0.1, 0.15) is 24.2 Å². The molecule has 1 fully saturated rings. The largest absolute Gasteiger partial charge is 0.489 e. The topological polar surface area (TPSA) is 137 Å². The average Bonchev–Trinajstić information content (AvgIpc) is 3.39. The maximum absolute atomic E-state index is 13.3. The maximum atomic E-state index is 13.3. The van der Waals surface area contributed by atoms with Gasteiger partial charge in [-0.1, -0.05) is 36.4 Å². The number of hydrogen-bond acceptors (Lipinski definition) is 8. The number of hydrogen-bond donors (Lipinski definition) is 1. The molecule has 1 amide bonds. The number of pyridine rings is 1. The van der Waals surface area contributed by atoms with Crippen LogP contribution in [0.5, 0.6) is 5.75 Å². The molecule has 0 radical (unpaired) electrons. The van der Waals surface area contributed by atoms with E-state index in [1.165, 1.54) is 0 Å². The Morgan fingerprint density at radius 2 is 1.78 bits per heavy atom. The molecule has 226 valence electrons. The summed E-state index contributed by atoms with van der Waals surface area (Å²) in [5.74, 6) is 0.702. The van der Waals surface area contributed by atoms with Gasteiger partial charge in [0, 0.05) is 37.9 Å². The van der Waals surface area contributed by atoms with E-state index in [1.54, 1.807) is 24.4 Å². The summed E-state index contributed by atoms with van der Waals surface area (Å²) in [7, 11) is 0. The van der Waals surface area contributed by atoms with E-state index in [2.05, 4.69) is 27.0 Å². The zero-order valence-corrected chi connectivity index (χ0v) is 24.6. The van der Waals surface area contributed by atoms with Crippen molar-refractivity contribution in [3.05, 3.63) is 134 Å². The number of nitrogens with one attached hydrogen (secondary N) is 1. The number of carbonyl (C=O) groups excluding carboxylic acids is 1. The van der Waals surface area contributed by atoms with Gasteiger partial charge in [0.05, 0.1) is 12.1 Å². The Balaban J connectivity index is 1.06. The zero-order chi connectivity index (χ0) is 31.3. The summed E-state index contributed by atoms with van der Waals surface area (Å²) in [5.41, 5.74) is 5.45. The van der Waals surface area contributed by atoms with Crippen LogP contribution in [-0.2, 0) is 13.2 Å². The molecule has 3 heterocycles. The Morgan fingerprint density at radius 3 is 2.44 bits per heavy atom. The van der Waals surface area contributed by atoms with Gasteiger partial charge in [0.15, 0.2) is 0 Å². The van der Waals surface area contributed by atoms with Crippen molar-refractivity contribution < 1.29 is 14.1 Å². The minimum absolute atomic E-state index is 0.00923. The Hall–Kier alpha value is -5.89. The second-order valence-electron chi connectivity index (χ2n) is 10.8. The molecule has 3 aromatic carbocycles. The van der Waals surface area contributed by atoms with E-state index in [-0.39, 0.29) is 12.5 Å². The van der Waals surface area contributed by atoms with Gasteiger partial charge < -0.3 is 19.1 Å². The molecule has 11 nitrogen and oxygen atoms in total. The molecule has 5 aromatic rings. The molecular weight excluding hydrogens is 572 g/mol. The van der Waals surface area contributed by atoms with Gasteiger partial charge in [-0.05, 0) is 77.2 Å². The van der Waals surface area contributed by atoms with Crippen LogP contribution in [-0.4, -0.2) is 51.7 Å². The summed E-state index contributed by atoms with van der Waals surface area (Å²) in [5, 5.41) is 9.00. The smallest absolute Gasteiger partial charge is 0.440 e. The third-order valence-electron chi connectivity index (χ3n) is 7.76. The highest BCUT2D eigenvalue weighted by molar-refractivity contribution is 5.95. The summed E-state index contributed by atoms with van der Waals surface area (Å²) >= 11 is 0. The quantitative estimate of drug-likeness (QED) is 0.282. The van der Waals surface area contributed by atoms with Crippen molar-refractivity contribution in [3.63, 3.8) is 0 Å². The maximum Gasteiger partial charge on any atom is 0.440 e. The number of benzene rings is 3. The molecule has 0 atom stereocenters. The molecule has 1 aliphatic heterocycles. The van der Waals surface area contributed by atoms with Crippen LogP contribution in [0.3, 0.4) is 0 Å². The first-order chi connectivity index (χ1) is 21.9. The Kier molecular flexibility index (Phi) is 8.28. The number of nitrogens with zero attached hydrogens (tertiary/aromatic N) is 5. The summed E-state index contributed by atoms with van der Waals surface area (Å²) in [6.45, 7) is 5.05. The molecule has 6 rings (SSSR count). The van der Waals surface area contributed by atoms with Crippen molar-refractivity contribution in [2.45, 2.75) is 20.1 Å². The lowest BCUT2D eigenvalue weighted by Crippen LogP contribution is -2.49. The number of anilines is 1. The highest BCUT2D eigenvalue weighted by Gasteiger charge is 2.23. The second-order valence-corrected chi connectivity index (χ2v) is 10.8. The normalized spacial score (nSPS) is 13.0. The van der Waals surface area contributed by atoms with Crippen LogP contribution in [0.2, 0.25) is 0 Å². The number of rotatable bonds is 8. The van der Waals surface area contributed by atoms with Crippen molar-refractivity contribution in [2.24, 2.45) is 0 Å². The number of aryl methyl sites for hydroxylation is 1. The lowest BCUT2D eigenvalue weighted by Gasteiger charge is -2.35. The molecule has 2 aromatic heterocycles. The van der Waals surface area contributed by atoms with Crippen LogP contribution in [0.4, 0.5) is 5.82 Å². The van der Waals surface area contributed by atoms with E-state index in [1.807, 2.05) is 66.4 Å². The first kappa shape index (κ1) is 29.2. The van der Waals surface area contributed by atoms with Gasteiger partial charge in [0.25, 0.3) is 5.91 Å². The van der Waals surface area contributed by atoms with Gasteiger partial charge in [0.2, 0.25) is 0 Å². The number of carbonyl (C=O) groups is 1. The van der Waals surface area contributed by atoms with Gasteiger partial charge in [-0.3, -0.25) is 4.79 Å². The van der Waals surface area contributed by atoms with E-state index in [9.17, 15) is 14.4 Å². The number of ether oxygens (including phenoxy) is 1. The Morgan fingerprint density at radius 1 is 0.978 bits per heavy atom. The molecule has 45 heavy (non-hydrogen) atoms. The minimum Gasteiger partial charge on any atom is -0.489 e. The van der Waals surface area contributed by atoms with Crippen LogP contribution in [0, 0.1) is 18.3 Å². The van der Waals surface area contributed by atoms with Crippen LogP contribution in [0.1, 0.15) is 32.6 Å². The molecule has 1 N–H and O–H groups in total. The van der Waals surface area contributed by atoms with Gasteiger partial charge >= 0.3 is 11.4 Å². The molecule has 1 saturated heterocycles. The molecule has 0 bridgehead atoms. The number of amides is 1. The van der Waals surface area contributed by atoms with E-state index in [4.69, 9.17) is 14.5 Å². The van der Waals surface area contributed by atoms with E-state index < -0.39 is 11.4 Å². The van der Waals surface area contributed by atoms with E-state index in [0.29, 0.717) is 49.7 Å². The molecule has 0 spiro atoms. The predicted molar refractivity (Wildman–Crippen MR) is 167 cm³/mol.